The Kier molecular flexibility index (Phi) is 48.2. The number of hydrogen-bond donors (Lipinski definition) is 0. The van der Waals surface area contributed by atoms with Crippen molar-refractivity contribution in [3.05, 3.63) is 0 Å². The van der Waals surface area contributed by atoms with Crippen LogP contribution in [0.3, 0.4) is 0 Å². The van der Waals surface area contributed by atoms with E-state index in [1.807, 2.05) is 0 Å². The van der Waals surface area contributed by atoms with Crippen LogP contribution in [0, 0.1) is 5.92 Å². The minimum absolute atomic E-state index is 0.0556. The summed E-state index contributed by atoms with van der Waals surface area (Å²) in [5.41, 5.74) is 0. The molecule has 0 radical (unpaired) electrons. The van der Waals surface area contributed by atoms with Gasteiger partial charge in [0.25, 0.3) is 0 Å². The molecule has 0 unspecified atom stereocenters. The molecule has 0 N–H and O–H groups in total. The molecule has 0 amide bonds. The smallest absolute Gasteiger partial charge is 0.306 e. The van der Waals surface area contributed by atoms with Crippen LogP contribution in [0.15, 0.2) is 0 Å². The standard InChI is InChI=1S/C51H100O6/c1-4-6-8-10-12-14-16-18-20-22-24-26-28-30-32-34-36-38-40-49(48-57-51(53)43-42-50(52)56-47-46-55-45-44-54-3)41-39-37-35-33-31-29-27-25-23-21-19-17-15-13-11-9-7-5-2/h49H,4-48H2,1-3H3. The highest BCUT2D eigenvalue weighted by molar-refractivity contribution is 5.77. The Hall–Kier alpha value is -1.14. The van der Waals surface area contributed by atoms with Crippen molar-refractivity contribution in [1.29, 1.82) is 0 Å². The first-order valence-electron chi connectivity index (χ1n) is 25.5. The Bertz CT molecular complexity index is 748. The van der Waals surface area contributed by atoms with Crippen LogP contribution in [0.1, 0.15) is 271 Å². The zero-order chi connectivity index (χ0) is 41.4. The molecule has 0 rings (SSSR count). The molecule has 57 heavy (non-hydrogen) atoms. The highest BCUT2D eigenvalue weighted by atomic mass is 16.6. The van der Waals surface area contributed by atoms with Gasteiger partial charge >= 0.3 is 11.9 Å². The highest BCUT2D eigenvalue weighted by Crippen LogP contribution is 2.21. The van der Waals surface area contributed by atoms with E-state index >= 15 is 0 Å². The van der Waals surface area contributed by atoms with Gasteiger partial charge in [-0.2, -0.15) is 0 Å². The summed E-state index contributed by atoms with van der Waals surface area (Å²) in [6.07, 6.45) is 52.5. The predicted octanol–water partition coefficient (Wildman–Crippen LogP) is 16.0. The minimum atomic E-state index is -0.378. The van der Waals surface area contributed by atoms with Crippen LogP contribution in [0.25, 0.3) is 0 Å². The van der Waals surface area contributed by atoms with Gasteiger partial charge in [0.15, 0.2) is 0 Å². The molecule has 0 heterocycles. The molecule has 0 atom stereocenters. The molecule has 0 aromatic carbocycles. The van der Waals surface area contributed by atoms with Gasteiger partial charge in [0.2, 0.25) is 0 Å². The van der Waals surface area contributed by atoms with E-state index in [1.54, 1.807) is 7.11 Å². The molecule has 0 aliphatic rings. The molecule has 0 aromatic rings. The average molecular weight is 809 g/mol. The third kappa shape index (κ3) is 47.4. The Morgan fingerprint density at radius 2 is 0.632 bits per heavy atom. The van der Waals surface area contributed by atoms with Gasteiger partial charge in [0.1, 0.15) is 6.61 Å². The van der Waals surface area contributed by atoms with Crippen LogP contribution in [-0.2, 0) is 28.5 Å². The molecule has 0 aliphatic carbocycles. The Labute approximate surface area is 356 Å². The second kappa shape index (κ2) is 49.2. The molecule has 6 heteroatoms. The first kappa shape index (κ1) is 55.9. The number of carbonyl (C=O) groups excluding carboxylic acids is 2. The minimum Gasteiger partial charge on any atom is -0.465 e. The van der Waals surface area contributed by atoms with Crippen molar-refractivity contribution in [3.63, 3.8) is 0 Å². The van der Waals surface area contributed by atoms with Crippen molar-refractivity contribution >= 4 is 11.9 Å². The first-order chi connectivity index (χ1) is 28.1. The predicted molar refractivity (Wildman–Crippen MR) is 244 cm³/mol. The van der Waals surface area contributed by atoms with Crippen molar-refractivity contribution in [1.82, 2.24) is 0 Å². The molecule has 6 nitrogen and oxygen atoms in total. The zero-order valence-electron chi connectivity index (χ0n) is 38.8. The van der Waals surface area contributed by atoms with Gasteiger partial charge in [-0.15, -0.1) is 0 Å². The monoisotopic (exact) mass is 809 g/mol. The maximum absolute atomic E-state index is 12.5. The highest BCUT2D eigenvalue weighted by Gasteiger charge is 2.14. The van der Waals surface area contributed by atoms with Crippen LogP contribution >= 0.6 is 0 Å². The lowest BCUT2D eigenvalue weighted by Gasteiger charge is -2.17. The number of carbonyl (C=O) groups is 2. The van der Waals surface area contributed by atoms with Gasteiger partial charge in [0.05, 0.1) is 39.3 Å². The summed E-state index contributed by atoms with van der Waals surface area (Å²) in [5.74, 6) is -0.243. The summed E-state index contributed by atoms with van der Waals surface area (Å²) in [6.45, 7) is 6.59. The summed E-state index contributed by atoms with van der Waals surface area (Å²) in [4.78, 5) is 24.6. The SMILES string of the molecule is CCCCCCCCCCCCCCCCCCCCC(CCCCCCCCCCCCCCCCCCCC)COC(=O)CCC(=O)OCCOCCOC. The molecule has 0 saturated carbocycles. The lowest BCUT2D eigenvalue weighted by Crippen LogP contribution is -2.17. The van der Waals surface area contributed by atoms with E-state index in [2.05, 4.69) is 13.8 Å². The van der Waals surface area contributed by atoms with E-state index in [-0.39, 0.29) is 31.4 Å². The normalized spacial score (nSPS) is 11.5. The van der Waals surface area contributed by atoms with Crippen molar-refractivity contribution < 1.29 is 28.5 Å². The Morgan fingerprint density at radius 3 is 0.947 bits per heavy atom. The van der Waals surface area contributed by atoms with E-state index in [1.165, 1.54) is 231 Å². The third-order valence-corrected chi connectivity index (χ3v) is 11.9. The first-order valence-corrected chi connectivity index (χ1v) is 25.5. The van der Waals surface area contributed by atoms with Gasteiger partial charge in [-0.1, -0.05) is 245 Å². The quantitative estimate of drug-likeness (QED) is 0.0450. The largest absolute Gasteiger partial charge is 0.465 e. The summed E-state index contributed by atoms with van der Waals surface area (Å²) in [6, 6.07) is 0. The van der Waals surface area contributed by atoms with Gasteiger partial charge in [-0.05, 0) is 18.8 Å². The molecular formula is C51H100O6. The molecule has 0 aromatic heterocycles. The van der Waals surface area contributed by atoms with Gasteiger partial charge in [-0.25, -0.2) is 0 Å². The van der Waals surface area contributed by atoms with Crippen LogP contribution in [0.5, 0.6) is 0 Å². The molecule has 0 aliphatic heterocycles. The second-order valence-electron chi connectivity index (χ2n) is 17.5. The third-order valence-electron chi connectivity index (χ3n) is 11.9. The summed E-state index contributed by atoms with van der Waals surface area (Å²) in [7, 11) is 1.62. The topological polar surface area (TPSA) is 71.1 Å². The molecule has 0 bridgehead atoms. The number of unbranched alkanes of at least 4 members (excludes halogenated alkanes) is 34. The number of methoxy groups -OCH3 is 1. The summed E-state index contributed by atoms with van der Waals surface area (Å²) in [5, 5.41) is 0. The van der Waals surface area contributed by atoms with Crippen molar-refractivity contribution in [2.75, 3.05) is 40.1 Å². The number of ether oxygens (including phenoxy) is 4. The number of hydrogen-bond acceptors (Lipinski definition) is 6. The molecule has 0 spiro atoms. The summed E-state index contributed by atoms with van der Waals surface area (Å²) >= 11 is 0. The molecular weight excluding hydrogens is 709 g/mol. The fourth-order valence-corrected chi connectivity index (χ4v) is 8.00. The second-order valence-corrected chi connectivity index (χ2v) is 17.5. The van der Waals surface area contributed by atoms with Crippen LogP contribution in [-0.4, -0.2) is 52.1 Å². The molecule has 0 fully saturated rings. The number of rotatable bonds is 49. The average Bonchev–Trinajstić information content (AvgIpc) is 3.22. The zero-order valence-corrected chi connectivity index (χ0v) is 38.8. The van der Waals surface area contributed by atoms with Crippen LogP contribution in [0.4, 0.5) is 0 Å². The maximum Gasteiger partial charge on any atom is 0.306 e. The maximum atomic E-state index is 12.5. The molecule has 340 valence electrons. The van der Waals surface area contributed by atoms with Crippen molar-refractivity contribution in [2.24, 2.45) is 5.92 Å². The van der Waals surface area contributed by atoms with Crippen LogP contribution < -0.4 is 0 Å². The van der Waals surface area contributed by atoms with E-state index in [0.717, 1.165) is 12.8 Å². The van der Waals surface area contributed by atoms with E-state index in [0.29, 0.717) is 32.3 Å². The lowest BCUT2D eigenvalue weighted by atomic mass is 9.94. The van der Waals surface area contributed by atoms with E-state index in [9.17, 15) is 9.59 Å². The fraction of sp³-hybridized carbons (Fsp3) is 0.961. The summed E-state index contributed by atoms with van der Waals surface area (Å²) < 4.78 is 21.1. The van der Waals surface area contributed by atoms with Crippen LogP contribution in [0.2, 0.25) is 0 Å². The molecule has 0 saturated heterocycles. The van der Waals surface area contributed by atoms with E-state index < -0.39 is 0 Å². The lowest BCUT2D eigenvalue weighted by molar-refractivity contribution is -0.152. The number of esters is 2. The van der Waals surface area contributed by atoms with E-state index in [4.69, 9.17) is 18.9 Å². The Morgan fingerprint density at radius 1 is 0.351 bits per heavy atom. The van der Waals surface area contributed by atoms with Gasteiger partial charge < -0.3 is 18.9 Å². The van der Waals surface area contributed by atoms with Crippen molar-refractivity contribution in [3.8, 4) is 0 Å². The van der Waals surface area contributed by atoms with Gasteiger partial charge in [-0.3, -0.25) is 9.59 Å². The van der Waals surface area contributed by atoms with Crippen molar-refractivity contribution in [2.45, 2.75) is 271 Å². The fourth-order valence-electron chi connectivity index (χ4n) is 8.00. The Balaban J connectivity index is 4.10. The van der Waals surface area contributed by atoms with Gasteiger partial charge in [0, 0.05) is 7.11 Å².